The number of hydrogen-bond donors (Lipinski definition) is 0. The first-order valence-corrected chi connectivity index (χ1v) is 5.82. The predicted molar refractivity (Wildman–Crippen MR) is 53.4 cm³/mol. The molecule has 1 heteroatoms. The second-order valence-electron chi connectivity index (χ2n) is 4.83. The third kappa shape index (κ3) is 1.53. The summed E-state index contributed by atoms with van der Waals surface area (Å²) in [6.07, 6.45) is 9.18. The summed E-state index contributed by atoms with van der Waals surface area (Å²) in [7, 11) is 0. The third-order valence-corrected chi connectivity index (χ3v) is 4.24. The fourth-order valence-electron chi connectivity index (χ4n) is 3.66. The molecular formula is C12H20O. The molecule has 2 fully saturated rings. The van der Waals surface area contributed by atoms with Gasteiger partial charge in [0.2, 0.25) is 0 Å². The van der Waals surface area contributed by atoms with Crippen LogP contribution in [0.4, 0.5) is 0 Å². The van der Waals surface area contributed by atoms with Crippen molar-refractivity contribution < 1.29 is 4.79 Å². The molecule has 0 saturated heterocycles. The van der Waals surface area contributed by atoms with Gasteiger partial charge in [0.15, 0.2) is 0 Å². The van der Waals surface area contributed by atoms with Crippen LogP contribution in [0.1, 0.15) is 45.4 Å². The largest absolute Gasteiger partial charge is 0.303 e. The minimum atomic E-state index is 0.423. The van der Waals surface area contributed by atoms with Crippen LogP contribution in [0.2, 0.25) is 0 Å². The zero-order valence-electron chi connectivity index (χ0n) is 8.54. The van der Waals surface area contributed by atoms with Crippen LogP contribution in [0.25, 0.3) is 0 Å². The van der Waals surface area contributed by atoms with Crippen molar-refractivity contribution in [3.63, 3.8) is 0 Å². The Labute approximate surface area is 80.9 Å². The van der Waals surface area contributed by atoms with Crippen LogP contribution in [0.5, 0.6) is 0 Å². The van der Waals surface area contributed by atoms with Crippen LogP contribution in [0.3, 0.4) is 0 Å². The van der Waals surface area contributed by atoms with Crippen LogP contribution in [0, 0.1) is 23.7 Å². The molecular weight excluding hydrogens is 160 g/mol. The third-order valence-electron chi connectivity index (χ3n) is 4.24. The first-order valence-electron chi connectivity index (χ1n) is 5.82. The van der Waals surface area contributed by atoms with Crippen LogP contribution >= 0.6 is 0 Å². The van der Waals surface area contributed by atoms with Gasteiger partial charge < -0.3 is 4.79 Å². The van der Waals surface area contributed by atoms with Gasteiger partial charge in [-0.05, 0) is 43.4 Å². The monoisotopic (exact) mass is 180 g/mol. The maximum atomic E-state index is 10.8. The van der Waals surface area contributed by atoms with Gasteiger partial charge in [-0.25, -0.2) is 0 Å². The van der Waals surface area contributed by atoms with Gasteiger partial charge in [-0.3, -0.25) is 0 Å². The molecule has 0 heterocycles. The second kappa shape index (κ2) is 3.81. The van der Waals surface area contributed by atoms with Crippen LogP contribution in [0.15, 0.2) is 0 Å². The zero-order chi connectivity index (χ0) is 9.26. The molecule has 13 heavy (non-hydrogen) atoms. The van der Waals surface area contributed by atoms with Crippen LogP contribution in [-0.4, -0.2) is 6.29 Å². The maximum Gasteiger partial charge on any atom is 0.123 e. The number of aldehydes is 1. The molecule has 0 aliphatic heterocycles. The highest BCUT2D eigenvalue weighted by Crippen LogP contribution is 2.51. The van der Waals surface area contributed by atoms with Crippen LogP contribution in [-0.2, 0) is 4.79 Å². The maximum absolute atomic E-state index is 10.8. The van der Waals surface area contributed by atoms with Gasteiger partial charge >= 0.3 is 0 Å². The Bertz CT molecular complexity index is 188. The molecule has 0 radical (unpaired) electrons. The summed E-state index contributed by atoms with van der Waals surface area (Å²) in [6, 6.07) is 0. The number of fused-ring (bicyclic) bond motifs is 1. The summed E-state index contributed by atoms with van der Waals surface area (Å²) in [4.78, 5) is 10.8. The highest BCUT2D eigenvalue weighted by atomic mass is 16.1. The Morgan fingerprint density at radius 1 is 1.15 bits per heavy atom. The number of hydrogen-bond acceptors (Lipinski definition) is 1. The van der Waals surface area contributed by atoms with Crippen molar-refractivity contribution in [1.82, 2.24) is 0 Å². The Hall–Kier alpha value is -0.330. The lowest BCUT2D eigenvalue weighted by molar-refractivity contribution is -0.112. The number of rotatable bonds is 3. The minimum absolute atomic E-state index is 0.423. The summed E-state index contributed by atoms with van der Waals surface area (Å²) in [5, 5.41) is 0. The van der Waals surface area contributed by atoms with E-state index in [1.807, 2.05) is 0 Å². The Kier molecular flexibility index (Phi) is 2.71. The van der Waals surface area contributed by atoms with Crippen molar-refractivity contribution in [2.75, 3.05) is 0 Å². The van der Waals surface area contributed by atoms with E-state index < -0.39 is 0 Å². The van der Waals surface area contributed by atoms with E-state index in [1.165, 1.54) is 44.8 Å². The first kappa shape index (κ1) is 9.23. The Morgan fingerprint density at radius 3 is 2.62 bits per heavy atom. The summed E-state index contributed by atoms with van der Waals surface area (Å²) >= 11 is 0. The fraction of sp³-hybridized carbons (Fsp3) is 0.917. The minimum Gasteiger partial charge on any atom is -0.303 e. The van der Waals surface area contributed by atoms with Crippen LogP contribution < -0.4 is 0 Å². The normalized spacial score (nSPS) is 43.5. The van der Waals surface area contributed by atoms with Gasteiger partial charge in [0, 0.05) is 5.92 Å². The van der Waals surface area contributed by atoms with Gasteiger partial charge in [-0.2, -0.15) is 0 Å². The first-order chi connectivity index (χ1) is 6.36. The highest BCUT2D eigenvalue weighted by Gasteiger charge is 2.43. The lowest BCUT2D eigenvalue weighted by Crippen LogP contribution is -2.13. The summed E-state index contributed by atoms with van der Waals surface area (Å²) in [6.45, 7) is 2.28. The van der Waals surface area contributed by atoms with Crippen molar-refractivity contribution in [2.24, 2.45) is 23.7 Å². The number of carbonyl (C=O) groups excluding carboxylic acids is 1. The van der Waals surface area contributed by atoms with E-state index in [0.717, 1.165) is 17.8 Å². The standard InChI is InChI=1S/C12H20O/c1-2-3-9-4-6-12-10(8-13)5-7-11(9)12/h8-12H,2-7H2,1H3/t9?,10?,11-,12-/m0/s1. The molecule has 0 N–H and O–H groups in total. The van der Waals surface area contributed by atoms with Crippen molar-refractivity contribution in [1.29, 1.82) is 0 Å². The average molecular weight is 180 g/mol. The van der Waals surface area contributed by atoms with E-state index in [9.17, 15) is 4.79 Å². The Morgan fingerprint density at radius 2 is 1.92 bits per heavy atom. The van der Waals surface area contributed by atoms with E-state index in [1.54, 1.807) is 0 Å². The molecule has 1 nitrogen and oxygen atoms in total. The molecule has 0 spiro atoms. The molecule has 74 valence electrons. The highest BCUT2D eigenvalue weighted by molar-refractivity contribution is 5.55. The molecule has 4 atom stereocenters. The molecule has 0 aromatic rings. The SMILES string of the molecule is CCCC1CC[C@H]2C(C=O)CC[C@@H]12. The summed E-state index contributed by atoms with van der Waals surface area (Å²) in [5.74, 6) is 3.07. The smallest absolute Gasteiger partial charge is 0.123 e. The zero-order valence-corrected chi connectivity index (χ0v) is 8.54. The van der Waals surface area contributed by atoms with Gasteiger partial charge in [0.1, 0.15) is 6.29 Å². The van der Waals surface area contributed by atoms with Gasteiger partial charge in [-0.1, -0.05) is 19.8 Å². The number of carbonyl (C=O) groups is 1. The molecule has 2 rings (SSSR count). The molecule has 0 aromatic heterocycles. The topological polar surface area (TPSA) is 17.1 Å². The molecule has 2 aliphatic carbocycles. The van der Waals surface area contributed by atoms with E-state index in [-0.39, 0.29) is 0 Å². The van der Waals surface area contributed by atoms with E-state index in [2.05, 4.69) is 6.92 Å². The van der Waals surface area contributed by atoms with Crippen molar-refractivity contribution in [2.45, 2.75) is 45.4 Å². The van der Waals surface area contributed by atoms with E-state index in [4.69, 9.17) is 0 Å². The van der Waals surface area contributed by atoms with E-state index >= 15 is 0 Å². The van der Waals surface area contributed by atoms with Gasteiger partial charge in [-0.15, -0.1) is 0 Å². The van der Waals surface area contributed by atoms with Crippen molar-refractivity contribution >= 4 is 6.29 Å². The van der Waals surface area contributed by atoms with E-state index in [0.29, 0.717) is 5.92 Å². The second-order valence-corrected chi connectivity index (χ2v) is 4.83. The van der Waals surface area contributed by atoms with Crippen molar-refractivity contribution in [3.8, 4) is 0 Å². The predicted octanol–water partition coefficient (Wildman–Crippen LogP) is 3.04. The van der Waals surface area contributed by atoms with Gasteiger partial charge in [0.25, 0.3) is 0 Å². The lowest BCUT2D eigenvalue weighted by Gasteiger charge is -2.17. The summed E-state index contributed by atoms with van der Waals surface area (Å²) in [5.41, 5.74) is 0. The lowest BCUT2D eigenvalue weighted by atomic mass is 9.87. The average Bonchev–Trinajstić information content (AvgIpc) is 2.68. The quantitative estimate of drug-likeness (QED) is 0.610. The molecule has 2 unspecified atom stereocenters. The van der Waals surface area contributed by atoms with Crippen molar-refractivity contribution in [3.05, 3.63) is 0 Å². The molecule has 0 aromatic carbocycles. The fourth-order valence-corrected chi connectivity index (χ4v) is 3.66. The molecule has 0 bridgehead atoms. The Balaban J connectivity index is 1.98. The molecule has 2 saturated carbocycles. The molecule has 0 amide bonds. The van der Waals surface area contributed by atoms with Gasteiger partial charge in [0.05, 0.1) is 0 Å². The molecule has 2 aliphatic rings. The summed E-state index contributed by atoms with van der Waals surface area (Å²) < 4.78 is 0.